The second-order valence-electron chi connectivity index (χ2n) is 5.65. The number of aryl methyl sites for hydroxylation is 2. The van der Waals surface area contributed by atoms with Gasteiger partial charge in [-0.05, 0) is 50.1 Å². The van der Waals surface area contributed by atoms with Crippen LogP contribution in [-0.4, -0.2) is 22.9 Å². The van der Waals surface area contributed by atoms with Gasteiger partial charge in [-0.1, -0.05) is 19.1 Å². The van der Waals surface area contributed by atoms with Gasteiger partial charge < -0.3 is 10.1 Å². The fourth-order valence-corrected chi connectivity index (χ4v) is 2.62. The molecular weight excluding hydrogens is 262 g/mol. The molecule has 21 heavy (non-hydrogen) atoms. The molecule has 1 aliphatic rings. The summed E-state index contributed by atoms with van der Waals surface area (Å²) in [6.45, 7) is 2.13. The van der Waals surface area contributed by atoms with Crippen molar-refractivity contribution in [3.05, 3.63) is 47.3 Å². The van der Waals surface area contributed by atoms with E-state index in [2.05, 4.69) is 41.6 Å². The van der Waals surface area contributed by atoms with Crippen molar-refractivity contribution in [1.29, 1.82) is 0 Å². The summed E-state index contributed by atoms with van der Waals surface area (Å²) in [5.74, 6) is 0.966. The Morgan fingerprint density at radius 1 is 1.38 bits per heavy atom. The van der Waals surface area contributed by atoms with E-state index >= 15 is 0 Å². The van der Waals surface area contributed by atoms with Gasteiger partial charge in [0.05, 0.1) is 23.5 Å². The molecule has 1 aromatic carbocycles. The Morgan fingerprint density at radius 2 is 2.19 bits per heavy atom. The fourth-order valence-electron chi connectivity index (χ4n) is 2.62. The summed E-state index contributed by atoms with van der Waals surface area (Å²) in [4.78, 5) is 0. The number of nitrogens with one attached hydrogen (secondary N) is 1. The van der Waals surface area contributed by atoms with Crippen molar-refractivity contribution in [2.75, 3.05) is 7.05 Å². The Hall–Kier alpha value is -1.81. The van der Waals surface area contributed by atoms with Crippen LogP contribution in [-0.2, 0) is 13.5 Å². The number of hydrogen-bond donors (Lipinski definition) is 1. The first-order valence-electron chi connectivity index (χ1n) is 7.68. The Bertz CT molecular complexity index is 616. The summed E-state index contributed by atoms with van der Waals surface area (Å²) < 4.78 is 7.87. The molecular formula is C17H23N3O. The average Bonchev–Trinajstić information content (AvgIpc) is 3.22. The van der Waals surface area contributed by atoms with Crippen molar-refractivity contribution >= 4 is 0 Å². The molecule has 1 N–H and O–H groups in total. The minimum absolute atomic E-state index is 0.130. The molecule has 3 rings (SSSR count). The van der Waals surface area contributed by atoms with Crippen LogP contribution < -0.4 is 10.1 Å². The van der Waals surface area contributed by atoms with Crippen molar-refractivity contribution in [3.63, 3.8) is 0 Å². The van der Waals surface area contributed by atoms with Crippen molar-refractivity contribution in [1.82, 2.24) is 15.1 Å². The minimum atomic E-state index is 0.130. The Labute approximate surface area is 126 Å². The zero-order valence-electron chi connectivity index (χ0n) is 13.0. The molecule has 4 nitrogen and oxygen atoms in total. The molecule has 0 aliphatic heterocycles. The van der Waals surface area contributed by atoms with E-state index in [0.29, 0.717) is 6.10 Å². The zero-order valence-corrected chi connectivity index (χ0v) is 13.0. The van der Waals surface area contributed by atoms with Gasteiger partial charge in [0.1, 0.15) is 5.75 Å². The molecule has 0 saturated heterocycles. The van der Waals surface area contributed by atoms with Crippen molar-refractivity contribution in [3.8, 4) is 5.75 Å². The lowest BCUT2D eigenvalue weighted by Crippen LogP contribution is -2.20. The molecule has 1 heterocycles. The largest absolute Gasteiger partial charge is 0.490 e. The van der Waals surface area contributed by atoms with E-state index in [4.69, 9.17) is 4.74 Å². The number of nitrogens with zero attached hydrogens (tertiary/aromatic N) is 2. The lowest BCUT2D eigenvalue weighted by molar-refractivity contribution is 0.302. The molecule has 1 aliphatic carbocycles. The van der Waals surface area contributed by atoms with Gasteiger partial charge in [-0.15, -0.1) is 0 Å². The second kappa shape index (κ2) is 5.90. The van der Waals surface area contributed by atoms with Crippen LogP contribution in [0.25, 0.3) is 0 Å². The van der Waals surface area contributed by atoms with Gasteiger partial charge in [0.2, 0.25) is 0 Å². The molecule has 2 aromatic rings. The molecule has 112 valence electrons. The average molecular weight is 285 g/mol. The van der Waals surface area contributed by atoms with Crippen LogP contribution >= 0.6 is 0 Å². The van der Waals surface area contributed by atoms with Gasteiger partial charge in [0.25, 0.3) is 0 Å². The quantitative estimate of drug-likeness (QED) is 0.887. The number of aromatic nitrogens is 2. The monoisotopic (exact) mass is 285 g/mol. The van der Waals surface area contributed by atoms with Gasteiger partial charge >= 0.3 is 0 Å². The molecule has 0 radical (unpaired) electrons. The first-order valence-corrected chi connectivity index (χ1v) is 7.68. The van der Waals surface area contributed by atoms with Crippen molar-refractivity contribution in [2.45, 2.75) is 38.3 Å². The Morgan fingerprint density at radius 3 is 2.81 bits per heavy atom. The van der Waals surface area contributed by atoms with E-state index < -0.39 is 0 Å². The molecule has 4 heteroatoms. The summed E-state index contributed by atoms with van der Waals surface area (Å²) >= 11 is 0. The van der Waals surface area contributed by atoms with E-state index in [1.165, 1.54) is 24.1 Å². The van der Waals surface area contributed by atoms with Crippen LogP contribution in [0.4, 0.5) is 0 Å². The van der Waals surface area contributed by atoms with Crippen LogP contribution in [0.15, 0.2) is 30.3 Å². The number of benzene rings is 1. The molecule has 1 unspecified atom stereocenters. The van der Waals surface area contributed by atoms with Gasteiger partial charge in [-0.25, -0.2) is 0 Å². The van der Waals surface area contributed by atoms with Crippen LogP contribution in [0.5, 0.6) is 5.75 Å². The normalized spacial score (nSPS) is 16.0. The molecule has 1 aromatic heterocycles. The van der Waals surface area contributed by atoms with Crippen molar-refractivity contribution < 1.29 is 4.74 Å². The van der Waals surface area contributed by atoms with E-state index in [0.717, 1.165) is 17.9 Å². The highest BCUT2D eigenvalue weighted by Gasteiger charge is 2.24. The summed E-state index contributed by atoms with van der Waals surface area (Å²) in [5.41, 5.74) is 3.51. The highest BCUT2D eigenvalue weighted by molar-refractivity contribution is 5.35. The minimum Gasteiger partial charge on any atom is -0.490 e. The first-order chi connectivity index (χ1) is 10.2. The van der Waals surface area contributed by atoms with Crippen LogP contribution in [0.3, 0.4) is 0 Å². The Kier molecular flexibility index (Phi) is 3.97. The van der Waals surface area contributed by atoms with Crippen LogP contribution in [0.1, 0.15) is 42.8 Å². The number of rotatable bonds is 6. The van der Waals surface area contributed by atoms with Gasteiger partial charge in [-0.2, -0.15) is 5.10 Å². The highest BCUT2D eigenvalue weighted by Crippen LogP contribution is 2.30. The summed E-state index contributed by atoms with van der Waals surface area (Å²) in [7, 11) is 3.99. The molecule has 0 spiro atoms. The summed E-state index contributed by atoms with van der Waals surface area (Å²) in [6, 6.07) is 10.7. The highest BCUT2D eigenvalue weighted by atomic mass is 16.5. The third kappa shape index (κ3) is 3.10. The lowest BCUT2D eigenvalue weighted by Gasteiger charge is -2.18. The third-order valence-corrected chi connectivity index (χ3v) is 3.93. The van der Waals surface area contributed by atoms with Gasteiger partial charge in [0.15, 0.2) is 0 Å². The van der Waals surface area contributed by atoms with Crippen molar-refractivity contribution in [2.24, 2.45) is 7.05 Å². The van der Waals surface area contributed by atoms with E-state index in [1.54, 1.807) is 0 Å². The van der Waals surface area contributed by atoms with Gasteiger partial charge in [-0.3, -0.25) is 4.68 Å². The van der Waals surface area contributed by atoms with Crippen LogP contribution in [0.2, 0.25) is 0 Å². The first kappa shape index (κ1) is 14.1. The van der Waals surface area contributed by atoms with E-state index in [-0.39, 0.29) is 6.04 Å². The van der Waals surface area contributed by atoms with Crippen LogP contribution in [0, 0.1) is 0 Å². The fraction of sp³-hybridized carbons (Fsp3) is 0.471. The standard InChI is InChI=1S/C17H23N3O/c1-4-13-11-16(20(3)19-13)17(18-2)12-6-5-7-15(10-12)21-14-8-9-14/h5-7,10-11,14,17-18H,4,8-9H2,1-3H3. The summed E-state index contributed by atoms with van der Waals surface area (Å²) in [5, 5.41) is 7.94. The molecule has 0 amide bonds. The zero-order chi connectivity index (χ0) is 14.8. The molecule has 0 bridgehead atoms. The SMILES string of the molecule is CCc1cc(C(NC)c2cccc(OC3CC3)c2)n(C)n1. The maximum absolute atomic E-state index is 5.90. The predicted octanol–water partition coefficient (Wildman–Crippen LogP) is 2.83. The second-order valence-corrected chi connectivity index (χ2v) is 5.65. The van der Waals surface area contributed by atoms with E-state index in [1.807, 2.05) is 24.8 Å². The third-order valence-electron chi connectivity index (χ3n) is 3.93. The summed E-state index contributed by atoms with van der Waals surface area (Å²) in [6.07, 6.45) is 3.74. The predicted molar refractivity (Wildman–Crippen MR) is 83.6 cm³/mol. The maximum atomic E-state index is 5.90. The topological polar surface area (TPSA) is 39.1 Å². The van der Waals surface area contributed by atoms with Gasteiger partial charge in [0, 0.05) is 7.05 Å². The number of hydrogen-bond acceptors (Lipinski definition) is 3. The molecule has 1 saturated carbocycles. The smallest absolute Gasteiger partial charge is 0.120 e. The number of ether oxygens (including phenoxy) is 1. The molecule has 1 fully saturated rings. The van der Waals surface area contributed by atoms with E-state index in [9.17, 15) is 0 Å². The maximum Gasteiger partial charge on any atom is 0.120 e. The Balaban J connectivity index is 1.89. The lowest BCUT2D eigenvalue weighted by atomic mass is 10.0. The molecule has 1 atom stereocenters.